The maximum absolute atomic E-state index is 11.9. The third kappa shape index (κ3) is 2.30. The van der Waals surface area contributed by atoms with Gasteiger partial charge in [0, 0.05) is 13.6 Å². The van der Waals surface area contributed by atoms with E-state index in [9.17, 15) is 14.4 Å². The van der Waals surface area contributed by atoms with Crippen molar-refractivity contribution in [1.82, 2.24) is 9.13 Å². The molecule has 94 valence electrons. The molecular formula is C11H17N3O3. The summed E-state index contributed by atoms with van der Waals surface area (Å²) in [6.07, 6.45) is 0. The second-order valence-corrected chi connectivity index (χ2v) is 4.47. The molecule has 0 saturated heterocycles. The number of rotatable bonds is 3. The Kier molecular flexibility index (Phi) is 3.55. The third-order valence-electron chi connectivity index (χ3n) is 2.48. The van der Waals surface area contributed by atoms with Crippen molar-refractivity contribution < 1.29 is 4.79 Å². The first kappa shape index (κ1) is 13.2. The fraction of sp³-hybridized carbons (Fsp3) is 0.545. The van der Waals surface area contributed by atoms with Crippen LogP contribution in [0.2, 0.25) is 0 Å². The van der Waals surface area contributed by atoms with Gasteiger partial charge in [0.25, 0.3) is 5.56 Å². The number of hydrogen-bond acceptors (Lipinski definition) is 4. The topological polar surface area (TPSA) is 87.1 Å². The first-order chi connectivity index (χ1) is 7.77. The van der Waals surface area contributed by atoms with E-state index in [0.717, 1.165) is 4.57 Å². The lowest BCUT2D eigenvalue weighted by Crippen LogP contribution is -2.42. The van der Waals surface area contributed by atoms with Gasteiger partial charge in [0.05, 0.1) is 0 Å². The van der Waals surface area contributed by atoms with Crippen molar-refractivity contribution in [1.29, 1.82) is 0 Å². The Hall–Kier alpha value is -1.85. The molecule has 0 unspecified atom stereocenters. The molecule has 0 aromatic carbocycles. The summed E-state index contributed by atoms with van der Waals surface area (Å²) in [5.74, 6) is -0.285. The number of carbonyl (C=O) groups excluding carboxylic acids is 1. The van der Waals surface area contributed by atoms with Crippen LogP contribution in [-0.4, -0.2) is 14.9 Å². The number of Topliss-reactive ketones (excluding diaryl/α,β-unsaturated/α-hetero) is 1. The first-order valence-corrected chi connectivity index (χ1v) is 5.37. The smallest absolute Gasteiger partial charge is 0.332 e. The van der Waals surface area contributed by atoms with Gasteiger partial charge < -0.3 is 5.73 Å². The molecule has 1 aromatic heterocycles. The van der Waals surface area contributed by atoms with Crippen LogP contribution in [0.15, 0.2) is 9.59 Å². The monoisotopic (exact) mass is 239 g/mol. The molecule has 0 amide bonds. The summed E-state index contributed by atoms with van der Waals surface area (Å²) < 4.78 is 2.18. The Balaban J connectivity index is 3.68. The van der Waals surface area contributed by atoms with E-state index in [1.807, 2.05) is 13.8 Å². The molecule has 6 nitrogen and oxygen atoms in total. The highest BCUT2D eigenvalue weighted by molar-refractivity contribution is 5.97. The molecular weight excluding hydrogens is 222 g/mol. The minimum atomic E-state index is -0.639. The highest BCUT2D eigenvalue weighted by Gasteiger charge is 2.18. The normalized spacial score (nSPS) is 10.9. The van der Waals surface area contributed by atoms with E-state index in [1.165, 1.54) is 18.5 Å². The number of nitrogens with two attached hydrogens (primary N) is 1. The fourth-order valence-corrected chi connectivity index (χ4v) is 1.66. The number of anilines is 1. The summed E-state index contributed by atoms with van der Waals surface area (Å²) in [7, 11) is 1.34. The lowest BCUT2D eigenvalue weighted by Gasteiger charge is -2.15. The van der Waals surface area contributed by atoms with E-state index in [1.54, 1.807) is 0 Å². The second-order valence-electron chi connectivity index (χ2n) is 4.47. The Labute approximate surface area is 98.7 Å². The van der Waals surface area contributed by atoms with E-state index < -0.39 is 17.0 Å². The molecule has 6 heteroatoms. The van der Waals surface area contributed by atoms with E-state index in [2.05, 4.69) is 0 Å². The predicted molar refractivity (Wildman–Crippen MR) is 65.2 cm³/mol. The van der Waals surface area contributed by atoms with Crippen molar-refractivity contribution in [2.75, 3.05) is 5.73 Å². The number of aromatic nitrogens is 2. The van der Waals surface area contributed by atoms with E-state index in [4.69, 9.17) is 5.73 Å². The molecule has 0 aliphatic carbocycles. The van der Waals surface area contributed by atoms with Gasteiger partial charge in [-0.15, -0.1) is 0 Å². The first-order valence-electron chi connectivity index (χ1n) is 5.37. The lowest BCUT2D eigenvalue weighted by molar-refractivity contribution is 0.101. The SMILES string of the molecule is CC(=O)c1c(N)n(CC(C)C)c(=O)n(C)c1=O. The maximum Gasteiger partial charge on any atom is 0.332 e. The molecule has 0 spiro atoms. The van der Waals surface area contributed by atoms with Gasteiger partial charge in [-0.05, 0) is 12.8 Å². The maximum atomic E-state index is 11.9. The van der Waals surface area contributed by atoms with Crippen LogP contribution in [0.4, 0.5) is 5.82 Å². The Morgan fingerprint density at radius 2 is 1.88 bits per heavy atom. The molecule has 0 bridgehead atoms. The van der Waals surface area contributed by atoms with Crippen LogP contribution in [0, 0.1) is 5.92 Å². The van der Waals surface area contributed by atoms with Crippen LogP contribution in [0.5, 0.6) is 0 Å². The zero-order valence-corrected chi connectivity index (χ0v) is 10.5. The van der Waals surface area contributed by atoms with Gasteiger partial charge in [0.1, 0.15) is 11.4 Å². The fourth-order valence-electron chi connectivity index (χ4n) is 1.66. The Morgan fingerprint density at radius 3 is 2.29 bits per heavy atom. The lowest BCUT2D eigenvalue weighted by atomic mass is 10.2. The molecule has 2 N–H and O–H groups in total. The summed E-state index contributed by atoms with van der Waals surface area (Å²) in [6.45, 7) is 5.48. The van der Waals surface area contributed by atoms with Gasteiger partial charge in [-0.2, -0.15) is 0 Å². The third-order valence-corrected chi connectivity index (χ3v) is 2.48. The molecule has 0 aliphatic heterocycles. The minimum absolute atomic E-state index is 0.0423. The molecule has 0 saturated carbocycles. The van der Waals surface area contributed by atoms with Crippen LogP contribution >= 0.6 is 0 Å². The zero-order valence-electron chi connectivity index (χ0n) is 10.5. The minimum Gasteiger partial charge on any atom is -0.384 e. The van der Waals surface area contributed by atoms with Gasteiger partial charge in [-0.3, -0.25) is 18.7 Å². The average Bonchev–Trinajstić information content (AvgIpc) is 2.21. The summed E-state index contributed by atoms with van der Waals surface area (Å²) in [6, 6.07) is 0. The van der Waals surface area contributed by atoms with Gasteiger partial charge in [-0.25, -0.2) is 4.79 Å². The van der Waals surface area contributed by atoms with Gasteiger partial charge in [0.15, 0.2) is 5.78 Å². The van der Waals surface area contributed by atoms with Gasteiger partial charge in [-0.1, -0.05) is 13.8 Å². The number of hydrogen-bond donors (Lipinski definition) is 1. The molecule has 0 atom stereocenters. The van der Waals surface area contributed by atoms with E-state index >= 15 is 0 Å². The average molecular weight is 239 g/mol. The van der Waals surface area contributed by atoms with Crippen LogP contribution in [0.3, 0.4) is 0 Å². The van der Waals surface area contributed by atoms with Crippen LogP contribution < -0.4 is 17.0 Å². The molecule has 0 fully saturated rings. The highest BCUT2D eigenvalue weighted by atomic mass is 16.2. The van der Waals surface area contributed by atoms with Crippen molar-refractivity contribution >= 4 is 11.6 Å². The summed E-state index contributed by atoms with van der Waals surface area (Å²) in [5, 5.41) is 0. The van der Waals surface area contributed by atoms with Crippen LogP contribution in [-0.2, 0) is 13.6 Å². The molecule has 1 heterocycles. The predicted octanol–water partition coefficient (Wildman–Crippen LogP) is -0.0122. The number of nitrogens with zero attached hydrogens (tertiary/aromatic N) is 2. The van der Waals surface area contributed by atoms with Gasteiger partial charge in [0.2, 0.25) is 0 Å². The number of ketones is 1. The quantitative estimate of drug-likeness (QED) is 0.751. The zero-order chi connectivity index (χ0) is 13.3. The molecule has 17 heavy (non-hydrogen) atoms. The van der Waals surface area contributed by atoms with E-state index in [-0.39, 0.29) is 17.3 Å². The summed E-state index contributed by atoms with van der Waals surface area (Å²) >= 11 is 0. The summed E-state index contributed by atoms with van der Waals surface area (Å²) in [5.41, 5.74) is 4.48. The van der Waals surface area contributed by atoms with Gasteiger partial charge >= 0.3 is 5.69 Å². The Bertz CT molecular complexity index is 567. The van der Waals surface area contributed by atoms with Crippen LogP contribution in [0.25, 0.3) is 0 Å². The molecule has 0 radical (unpaired) electrons. The van der Waals surface area contributed by atoms with Crippen molar-refractivity contribution in [3.8, 4) is 0 Å². The number of nitrogen functional groups attached to an aromatic ring is 1. The largest absolute Gasteiger partial charge is 0.384 e. The number of carbonyl (C=O) groups is 1. The van der Waals surface area contributed by atoms with Crippen molar-refractivity contribution in [2.45, 2.75) is 27.3 Å². The second kappa shape index (κ2) is 4.57. The van der Waals surface area contributed by atoms with Crippen LogP contribution in [0.1, 0.15) is 31.1 Å². The van der Waals surface area contributed by atoms with Crippen molar-refractivity contribution in [3.63, 3.8) is 0 Å². The van der Waals surface area contributed by atoms with Crippen molar-refractivity contribution in [2.24, 2.45) is 13.0 Å². The standard InChI is InChI=1S/C11H17N3O3/c1-6(2)5-14-9(12)8(7(3)15)10(16)13(4)11(14)17/h6H,5,12H2,1-4H3. The Morgan fingerprint density at radius 1 is 1.35 bits per heavy atom. The summed E-state index contributed by atoms with van der Waals surface area (Å²) in [4.78, 5) is 35.0. The van der Waals surface area contributed by atoms with E-state index in [0.29, 0.717) is 6.54 Å². The highest BCUT2D eigenvalue weighted by Crippen LogP contribution is 2.07. The molecule has 1 aromatic rings. The molecule has 0 aliphatic rings. The molecule has 1 rings (SSSR count). The van der Waals surface area contributed by atoms with Crippen molar-refractivity contribution in [3.05, 3.63) is 26.4 Å².